The fraction of sp³-hybridized carbons (Fsp3) is 0.923. The van der Waals surface area contributed by atoms with E-state index in [1.807, 2.05) is 0 Å². The van der Waals surface area contributed by atoms with Gasteiger partial charge in [-0.25, -0.2) is 0 Å². The predicted octanol–water partition coefficient (Wildman–Crippen LogP) is 4.94. The van der Waals surface area contributed by atoms with Crippen LogP contribution in [0, 0.1) is 46.3 Å². The minimum Gasteiger partial charge on any atom is -0.393 e. The molecule has 0 spiro atoms. The van der Waals surface area contributed by atoms with Crippen LogP contribution in [-0.4, -0.2) is 33.6 Å². The number of rotatable bonds is 4. The first-order valence-electron chi connectivity index (χ1n) is 12.3. The van der Waals surface area contributed by atoms with Crippen LogP contribution in [0.1, 0.15) is 85.5 Å². The summed E-state index contributed by atoms with van der Waals surface area (Å²) in [7, 11) is 0. The van der Waals surface area contributed by atoms with Crippen molar-refractivity contribution >= 4 is 0 Å². The Bertz CT molecular complexity index is 631. The third-order valence-electron chi connectivity index (χ3n) is 10.5. The Hall–Kier alpha value is -0.380. The number of hydrogen-bond donors (Lipinski definition) is 3. The molecule has 4 rings (SSSR count). The lowest BCUT2D eigenvalue weighted by atomic mass is 9.43. The second-order valence-electron chi connectivity index (χ2n) is 12.0. The molecule has 0 aliphatic heterocycles. The number of aliphatic hydroxyl groups excluding tert-OH is 3. The molecule has 0 amide bonds. The highest BCUT2D eigenvalue weighted by atomic mass is 16.3. The molecule has 11 atom stereocenters. The summed E-state index contributed by atoms with van der Waals surface area (Å²) in [6.45, 7) is 13.3. The molecular formula is C26H44O3. The molecule has 0 aromatic rings. The van der Waals surface area contributed by atoms with Gasteiger partial charge in [0.25, 0.3) is 0 Å². The lowest BCUT2D eigenvalue weighted by molar-refractivity contribution is -0.207. The largest absolute Gasteiger partial charge is 0.393 e. The van der Waals surface area contributed by atoms with E-state index in [0.717, 1.165) is 51.4 Å². The molecule has 0 radical (unpaired) electrons. The van der Waals surface area contributed by atoms with E-state index in [4.69, 9.17) is 0 Å². The van der Waals surface area contributed by atoms with Gasteiger partial charge in [-0.05, 0) is 111 Å². The van der Waals surface area contributed by atoms with Crippen molar-refractivity contribution in [3.8, 4) is 0 Å². The van der Waals surface area contributed by atoms with Gasteiger partial charge in [-0.2, -0.15) is 0 Å². The van der Waals surface area contributed by atoms with Gasteiger partial charge >= 0.3 is 0 Å². The second-order valence-corrected chi connectivity index (χ2v) is 12.0. The molecule has 4 aliphatic rings. The fourth-order valence-electron chi connectivity index (χ4n) is 8.81. The highest BCUT2D eigenvalue weighted by Gasteiger charge is 2.65. The van der Waals surface area contributed by atoms with Crippen molar-refractivity contribution in [2.45, 2.75) is 104 Å². The van der Waals surface area contributed by atoms with Crippen LogP contribution in [0.15, 0.2) is 12.2 Å². The Balaban J connectivity index is 1.61. The van der Waals surface area contributed by atoms with Crippen LogP contribution in [0.2, 0.25) is 0 Å². The zero-order valence-electron chi connectivity index (χ0n) is 19.1. The molecule has 166 valence electrons. The molecule has 0 heterocycles. The first-order valence-corrected chi connectivity index (χ1v) is 12.3. The Kier molecular flexibility index (Phi) is 5.75. The summed E-state index contributed by atoms with van der Waals surface area (Å²) < 4.78 is 0. The van der Waals surface area contributed by atoms with E-state index in [2.05, 4.69) is 34.3 Å². The second kappa shape index (κ2) is 7.64. The van der Waals surface area contributed by atoms with Gasteiger partial charge in [-0.15, -0.1) is 6.58 Å². The lowest BCUT2D eigenvalue weighted by Crippen LogP contribution is -2.62. The van der Waals surface area contributed by atoms with Gasteiger partial charge in [0.2, 0.25) is 0 Å². The Morgan fingerprint density at radius 1 is 1.03 bits per heavy atom. The van der Waals surface area contributed by atoms with Crippen LogP contribution in [0.4, 0.5) is 0 Å². The van der Waals surface area contributed by atoms with Gasteiger partial charge in [0, 0.05) is 0 Å². The van der Waals surface area contributed by atoms with Crippen LogP contribution in [-0.2, 0) is 0 Å². The highest BCUT2D eigenvalue weighted by molar-refractivity contribution is 5.14. The summed E-state index contributed by atoms with van der Waals surface area (Å²) in [6, 6.07) is 0. The van der Waals surface area contributed by atoms with E-state index >= 15 is 0 Å². The van der Waals surface area contributed by atoms with E-state index in [9.17, 15) is 15.3 Å². The van der Waals surface area contributed by atoms with Crippen molar-refractivity contribution < 1.29 is 15.3 Å². The summed E-state index contributed by atoms with van der Waals surface area (Å²) in [5, 5.41) is 33.1. The average Bonchev–Trinajstić information content (AvgIpc) is 3.01. The number of hydrogen-bond acceptors (Lipinski definition) is 3. The van der Waals surface area contributed by atoms with E-state index in [0.29, 0.717) is 35.5 Å². The van der Waals surface area contributed by atoms with Crippen LogP contribution in [0.5, 0.6) is 0 Å². The maximum Gasteiger partial charge on any atom is 0.0602 e. The van der Waals surface area contributed by atoms with E-state index < -0.39 is 0 Å². The Morgan fingerprint density at radius 2 is 1.76 bits per heavy atom. The first-order chi connectivity index (χ1) is 13.6. The van der Waals surface area contributed by atoms with E-state index in [1.54, 1.807) is 0 Å². The zero-order chi connectivity index (χ0) is 21.1. The maximum absolute atomic E-state index is 11.6. The molecule has 4 saturated carbocycles. The molecule has 0 bridgehead atoms. The van der Waals surface area contributed by atoms with E-state index in [-0.39, 0.29) is 29.1 Å². The smallest absolute Gasteiger partial charge is 0.0602 e. The molecule has 0 aromatic carbocycles. The summed E-state index contributed by atoms with van der Waals surface area (Å²) in [5.41, 5.74) is 1.34. The van der Waals surface area contributed by atoms with Crippen molar-refractivity contribution in [2.75, 3.05) is 0 Å². The summed E-state index contributed by atoms with van der Waals surface area (Å²) in [6.07, 6.45) is 8.24. The quantitative estimate of drug-likeness (QED) is 0.582. The van der Waals surface area contributed by atoms with Crippen molar-refractivity contribution in [3.63, 3.8) is 0 Å². The minimum atomic E-state index is -0.275. The molecule has 0 aromatic heterocycles. The lowest BCUT2D eigenvalue weighted by Gasteiger charge is -2.63. The molecular weight excluding hydrogens is 360 g/mol. The third kappa shape index (κ3) is 3.34. The minimum absolute atomic E-state index is 0.0754. The topological polar surface area (TPSA) is 60.7 Å². The zero-order valence-corrected chi connectivity index (χ0v) is 19.1. The Morgan fingerprint density at radius 3 is 2.45 bits per heavy atom. The number of aliphatic hydroxyl groups is 3. The van der Waals surface area contributed by atoms with Crippen molar-refractivity contribution in [1.29, 1.82) is 0 Å². The van der Waals surface area contributed by atoms with Crippen LogP contribution < -0.4 is 0 Å². The number of allylic oxidation sites excluding steroid dienone is 1. The summed E-state index contributed by atoms with van der Waals surface area (Å²) in [4.78, 5) is 0. The van der Waals surface area contributed by atoms with Crippen molar-refractivity contribution in [3.05, 3.63) is 12.2 Å². The van der Waals surface area contributed by atoms with Gasteiger partial charge < -0.3 is 15.3 Å². The number of fused-ring (bicyclic) bond motifs is 5. The molecule has 0 saturated heterocycles. The fourth-order valence-corrected chi connectivity index (χ4v) is 8.81. The monoisotopic (exact) mass is 404 g/mol. The molecule has 4 fully saturated rings. The molecule has 4 aliphatic carbocycles. The summed E-state index contributed by atoms with van der Waals surface area (Å²) >= 11 is 0. The maximum atomic E-state index is 11.6. The van der Waals surface area contributed by atoms with Crippen molar-refractivity contribution in [2.24, 2.45) is 46.3 Å². The molecule has 29 heavy (non-hydrogen) atoms. The third-order valence-corrected chi connectivity index (χ3v) is 10.5. The van der Waals surface area contributed by atoms with Crippen LogP contribution in [0.25, 0.3) is 0 Å². The first kappa shape index (κ1) is 21.8. The van der Waals surface area contributed by atoms with Crippen molar-refractivity contribution in [1.82, 2.24) is 0 Å². The van der Waals surface area contributed by atoms with Gasteiger partial charge in [-0.3, -0.25) is 0 Å². The average molecular weight is 405 g/mol. The molecule has 3 heteroatoms. The van der Waals surface area contributed by atoms with E-state index in [1.165, 1.54) is 12.0 Å². The van der Waals surface area contributed by atoms with Gasteiger partial charge in [0.1, 0.15) is 0 Å². The molecule has 3 nitrogen and oxygen atoms in total. The summed E-state index contributed by atoms with van der Waals surface area (Å²) in [5.74, 6) is 2.65. The van der Waals surface area contributed by atoms with Gasteiger partial charge in [-0.1, -0.05) is 26.3 Å². The highest BCUT2D eigenvalue weighted by Crippen LogP contribution is 2.68. The van der Waals surface area contributed by atoms with Crippen LogP contribution >= 0.6 is 0 Å². The van der Waals surface area contributed by atoms with Gasteiger partial charge in [0.05, 0.1) is 18.3 Å². The van der Waals surface area contributed by atoms with Crippen LogP contribution in [0.3, 0.4) is 0 Å². The predicted molar refractivity (Wildman–Crippen MR) is 117 cm³/mol. The SMILES string of the molecule is C=C(C)CC[C@@H](C)[C@H]1CC[C@H]2[C@@H]3[C@H](O)C[C@@H]4C[C@H](O)CC[C@]4(C)[C@H]3C[C@H](O)[C@]12C. The van der Waals surface area contributed by atoms with Gasteiger partial charge in [0.15, 0.2) is 0 Å². The standard InChI is InChI=1S/C26H44O3/c1-15(2)6-7-16(3)19-8-9-20-24-21(14-23(29)26(19,20)5)25(4)11-10-18(27)12-17(25)13-22(24)28/h16-24,27-29H,1,6-14H2,2-5H3/t16-,17+,18-,19-,20+,21+,22-,23+,24+,25+,26-/m1/s1. The molecule has 3 N–H and O–H groups in total. The normalized spacial score (nSPS) is 52.9. The Labute approximate surface area is 178 Å². The molecule has 0 unspecified atom stereocenters.